The Morgan fingerprint density at radius 3 is 2.71 bits per heavy atom. The summed E-state index contributed by atoms with van der Waals surface area (Å²) < 4.78 is 14.8. The van der Waals surface area contributed by atoms with Crippen LogP contribution in [0.2, 0.25) is 0 Å². The van der Waals surface area contributed by atoms with Crippen LogP contribution in [0.1, 0.15) is 41.4 Å². The molecule has 1 aliphatic rings. The van der Waals surface area contributed by atoms with Crippen LogP contribution >= 0.6 is 11.8 Å². The van der Waals surface area contributed by atoms with Crippen molar-refractivity contribution in [2.24, 2.45) is 7.05 Å². The number of nitrogens with zero attached hydrogens (tertiary/aromatic N) is 3. The summed E-state index contributed by atoms with van der Waals surface area (Å²) in [6.45, 7) is 0. The van der Waals surface area contributed by atoms with E-state index < -0.39 is 0 Å². The van der Waals surface area contributed by atoms with E-state index in [0.29, 0.717) is 23.7 Å². The normalized spacial score (nSPS) is 14.4. The van der Waals surface area contributed by atoms with Crippen molar-refractivity contribution in [3.8, 4) is 0 Å². The first-order chi connectivity index (χ1) is 10.1. The molecule has 21 heavy (non-hydrogen) atoms. The first kappa shape index (κ1) is 14.3. The van der Waals surface area contributed by atoms with E-state index in [2.05, 4.69) is 10.2 Å². The van der Waals surface area contributed by atoms with Gasteiger partial charge in [0.1, 0.15) is 11.6 Å². The van der Waals surface area contributed by atoms with Gasteiger partial charge in [0.2, 0.25) is 0 Å². The molecule has 6 heteroatoms. The number of thioether (sulfide) groups is 1. The monoisotopic (exact) mass is 305 g/mol. The largest absolute Gasteiger partial charge is 0.309 e. The molecule has 0 radical (unpaired) electrons. The van der Waals surface area contributed by atoms with E-state index in [1.54, 1.807) is 0 Å². The zero-order valence-corrected chi connectivity index (χ0v) is 12.6. The summed E-state index contributed by atoms with van der Waals surface area (Å²) in [5.41, 5.74) is 0.550. The number of halogens is 1. The molecule has 1 aromatic heterocycles. The van der Waals surface area contributed by atoms with Gasteiger partial charge in [0.15, 0.2) is 10.9 Å². The average molecular weight is 305 g/mol. The Kier molecular flexibility index (Phi) is 4.05. The minimum absolute atomic E-state index is 0.0204. The predicted molar refractivity (Wildman–Crippen MR) is 79.0 cm³/mol. The number of hydrogen-bond donors (Lipinski definition) is 0. The molecule has 1 fully saturated rings. The van der Waals surface area contributed by atoms with Gasteiger partial charge in [0.05, 0.1) is 0 Å². The molecule has 0 amide bonds. The van der Waals surface area contributed by atoms with E-state index in [1.807, 2.05) is 11.6 Å². The van der Waals surface area contributed by atoms with Crippen LogP contribution in [0, 0.1) is 5.82 Å². The Bertz CT molecular complexity index is 649. The molecule has 0 aliphatic heterocycles. The van der Waals surface area contributed by atoms with Crippen LogP contribution in [0.3, 0.4) is 0 Å². The molecule has 2 aromatic rings. The van der Waals surface area contributed by atoms with Crippen LogP contribution in [0.25, 0.3) is 0 Å². The minimum atomic E-state index is -0.326. The highest BCUT2D eigenvalue weighted by atomic mass is 32.2. The van der Waals surface area contributed by atoms with Crippen LogP contribution in [0.15, 0.2) is 29.4 Å². The molecule has 0 spiro atoms. The van der Waals surface area contributed by atoms with Gasteiger partial charge in [-0.25, -0.2) is 4.39 Å². The first-order valence-electron chi connectivity index (χ1n) is 6.96. The Balaban J connectivity index is 1.53. The third kappa shape index (κ3) is 3.32. The summed E-state index contributed by atoms with van der Waals surface area (Å²) in [6.07, 6.45) is 2.79. The molecule has 3 rings (SSSR count). The fourth-order valence-electron chi connectivity index (χ4n) is 2.16. The van der Waals surface area contributed by atoms with Gasteiger partial charge < -0.3 is 4.57 Å². The smallest absolute Gasteiger partial charge is 0.190 e. The molecular formula is C15H16FN3OS. The minimum Gasteiger partial charge on any atom is -0.309 e. The van der Waals surface area contributed by atoms with E-state index in [1.165, 1.54) is 48.9 Å². The van der Waals surface area contributed by atoms with Crippen LogP contribution in [-0.4, -0.2) is 26.3 Å². The molecule has 1 aromatic carbocycles. The predicted octanol–water partition coefficient (Wildman–Crippen LogP) is 3.20. The first-order valence-corrected chi connectivity index (χ1v) is 7.94. The van der Waals surface area contributed by atoms with Gasteiger partial charge in [-0.1, -0.05) is 11.8 Å². The van der Waals surface area contributed by atoms with E-state index in [9.17, 15) is 9.18 Å². The Morgan fingerprint density at radius 1 is 1.33 bits per heavy atom. The lowest BCUT2D eigenvalue weighted by Crippen LogP contribution is -2.02. The van der Waals surface area contributed by atoms with Gasteiger partial charge in [0, 0.05) is 30.7 Å². The summed E-state index contributed by atoms with van der Waals surface area (Å²) in [4.78, 5) is 12.0. The number of aromatic nitrogens is 3. The highest BCUT2D eigenvalue weighted by Gasteiger charge is 2.29. The number of hydrogen-bond acceptors (Lipinski definition) is 4. The summed E-state index contributed by atoms with van der Waals surface area (Å²) in [5.74, 6) is 1.95. The maximum atomic E-state index is 12.8. The Labute approximate surface area is 126 Å². The molecule has 4 nitrogen and oxygen atoms in total. The summed E-state index contributed by atoms with van der Waals surface area (Å²) in [5, 5.41) is 9.23. The third-order valence-corrected chi connectivity index (χ3v) is 4.56. The van der Waals surface area contributed by atoms with Gasteiger partial charge >= 0.3 is 0 Å². The van der Waals surface area contributed by atoms with Crippen LogP contribution in [0.4, 0.5) is 4.39 Å². The highest BCUT2D eigenvalue weighted by molar-refractivity contribution is 7.99. The highest BCUT2D eigenvalue weighted by Crippen LogP contribution is 2.39. The van der Waals surface area contributed by atoms with E-state index in [4.69, 9.17) is 0 Å². The van der Waals surface area contributed by atoms with E-state index >= 15 is 0 Å². The molecule has 110 valence electrons. The number of ketones is 1. The molecule has 1 saturated carbocycles. The third-order valence-electron chi connectivity index (χ3n) is 3.54. The fourth-order valence-corrected chi connectivity index (χ4v) is 3.02. The SMILES string of the molecule is Cn1c(SCCC(=O)c2ccc(F)cc2)nnc1C1CC1. The molecule has 0 unspecified atom stereocenters. The van der Waals surface area contributed by atoms with Crippen molar-refractivity contribution in [2.45, 2.75) is 30.3 Å². The fraction of sp³-hybridized carbons (Fsp3) is 0.400. The maximum Gasteiger partial charge on any atom is 0.190 e. The lowest BCUT2D eigenvalue weighted by molar-refractivity contribution is 0.0989. The van der Waals surface area contributed by atoms with Crippen LogP contribution in [-0.2, 0) is 7.05 Å². The zero-order chi connectivity index (χ0) is 14.8. The van der Waals surface area contributed by atoms with Crippen molar-refractivity contribution >= 4 is 17.5 Å². The zero-order valence-electron chi connectivity index (χ0n) is 11.8. The maximum absolute atomic E-state index is 12.8. The number of rotatable bonds is 6. The van der Waals surface area contributed by atoms with Crippen molar-refractivity contribution in [1.29, 1.82) is 0 Å². The number of Topliss-reactive ketones (excluding diaryl/α,β-unsaturated/α-hetero) is 1. The number of benzene rings is 1. The van der Waals surface area contributed by atoms with Crippen LogP contribution < -0.4 is 0 Å². The summed E-state index contributed by atoms with van der Waals surface area (Å²) >= 11 is 1.53. The van der Waals surface area contributed by atoms with Gasteiger partial charge in [-0.2, -0.15) is 0 Å². The molecule has 0 saturated heterocycles. The van der Waals surface area contributed by atoms with Crippen molar-refractivity contribution in [3.63, 3.8) is 0 Å². The van der Waals surface area contributed by atoms with E-state index in [0.717, 1.165) is 11.0 Å². The lowest BCUT2D eigenvalue weighted by Gasteiger charge is -2.03. The second kappa shape index (κ2) is 5.97. The average Bonchev–Trinajstić information content (AvgIpc) is 3.25. The summed E-state index contributed by atoms with van der Waals surface area (Å²) in [6, 6.07) is 5.67. The Hall–Kier alpha value is -1.69. The second-order valence-electron chi connectivity index (χ2n) is 5.20. The van der Waals surface area contributed by atoms with Gasteiger partial charge in [-0.15, -0.1) is 10.2 Å². The van der Waals surface area contributed by atoms with Gasteiger partial charge in [-0.3, -0.25) is 4.79 Å². The molecule has 1 heterocycles. The standard InChI is InChI=1S/C15H16FN3OS/c1-19-14(11-2-3-11)17-18-15(19)21-9-8-13(20)10-4-6-12(16)7-5-10/h4-7,11H,2-3,8-9H2,1H3. The quantitative estimate of drug-likeness (QED) is 0.607. The molecule has 0 atom stereocenters. The molecule has 0 N–H and O–H groups in total. The van der Waals surface area contributed by atoms with Gasteiger partial charge in [-0.05, 0) is 37.1 Å². The Morgan fingerprint density at radius 2 is 2.05 bits per heavy atom. The number of carbonyl (C=O) groups is 1. The van der Waals surface area contributed by atoms with Crippen LogP contribution in [0.5, 0.6) is 0 Å². The summed E-state index contributed by atoms with van der Waals surface area (Å²) in [7, 11) is 1.97. The molecule has 0 bridgehead atoms. The van der Waals surface area contributed by atoms with Crippen molar-refractivity contribution in [1.82, 2.24) is 14.8 Å². The molecular weight excluding hydrogens is 289 g/mol. The lowest BCUT2D eigenvalue weighted by atomic mass is 10.1. The van der Waals surface area contributed by atoms with E-state index in [-0.39, 0.29) is 11.6 Å². The second-order valence-corrected chi connectivity index (χ2v) is 6.26. The molecule has 1 aliphatic carbocycles. The van der Waals surface area contributed by atoms with Crippen molar-refractivity contribution in [3.05, 3.63) is 41.5 Å². The van der Waals surface area contributed by atoms with Gasteiger partial charge in [0.25, 0.3) is 0 Å². The van der Waals surface area contributed by atoms with Crippen molar-refractivity contribution < 1.29 is 9.18 Å². The topological polar surface area (TPSA) is 47.8 Å². The van der Waals surface area contributed by atoms with Crippen molar-refractivity contribution in [2.75, 3.05) is 5.75 Å². The number of carbonyl (C=O) groups excluding carboxylic acids is 1.